The molecule has 0 atom stereocenters. The summed E-state index contributed by atoms with van der Waals surface area (Å²) in [5.41, 5.74) is 4.50. The summed E-state index contributed by atoms with van der Waals surface area (Å²) in [5.74, 6) is 5.18. The fourth-order valence-corrected chi connectivity index (χ4v) is 4.72. The van der Waals surface area contributed by atoms with E-state index in [2.05, 4.69) is 18.2 Å². The quantitative estimate of drug-likeness (QED) is 0.164. The van der Waals surface area contributed by atoms with Gasteiger partial charge in [-0.3, -0.25) is 0 Å². The normalized spacial score (nSPS) is 10.6. The SMILES string of the molecule is COc1cccc(CCc2ccc(OC)c(Oc3cc(CCc4ccc(OC)c(OC)c4)cc(OC)c3OC)c2)c1. The minimum absolute atomic E-state index is 0.520. The summed E-state index contributed by atoms with van der Waals surface area (Å²) in [5, 5.41) is 0. The Balaban J connectivity index is 1.57. The highest BCUT2D eigenvalue weighted by Gasteiger charge is 2.17. The first-order valence-electron chi connectivity index (χ1n) is 13.4. The minimum atomic E-state index is 0.520. The zero-order chi connectivity index (χ0) is 29.2. The third-order valence-corrected chi connectivity index (χ3v) is 6.94. The topological polar surface area (TPSA) is 64.6 Å². The average molecular weight is 559 g/mol. The predicted octanol–water partition coefficient (Wildman–Crippen LogP) is 7.10. The Morgan fingerprint density at radius 1 is 0.390 bits per heavy atom. The molecule has 0 aliphatic rings. The van der Waals surface area contributed by atoms with Crippen LogP contribution in [0.25, 0.3) is 0 Å². The zero-order valence-electron chi connectivity index (χ0n) is 24.6. The molecule has 0 bridgehead atoms. The number of methoxy groups -OCH3 is 6. The van der Waals surface area contributed by atoms with Crippen LogP contribution < -0.4 is 33.2 Å². The molecule has 0 aliphatic heterocycles. The van der Waals surface area contributed by atoms with Gasteiger partial charge in [-0.1, -0.05) is 24.3 Å². The monoisotopic (exact) mass is 558 g/mol. The molecular weight excluding hydrogens is 520 g/mol. The molecule has 0 unspecified atom stereocenters. The van der Waals surface area contributed by atoms with Crippen LogP contribution >= 0.6 is 0 Å². The van der Waals surface area contributed by atoms with Gasteiger partial charge < -0.3 is 33.2 Å². The van der Waals surface area contributed by atoms with Gasteiger partial charge in [0.15, 0.2) is 34.5 Å². The molecular formula is C34H38O7. The molecule has 0 aromatic heterocycles. The molecule has 0 aliphatic carbocycles. The van der Waals surface area contributed by atoms with Gasteiger partial charge in [0.05, 0.1) is 42.7 Å². The first-order chi connectivity index (χ1) is 20.0. The molecule has 0 saturated carbocycles. The van der Waals surface area contributed by atoms with Crippen LogP contribution in [0.4, 0.5) is 0 Å². The van der Waals surface area contributed by atoms with Gasteiger partial charge in [0.1, 0.15) is 5.75 Å². The van der Waals surface area contributed by atoms with Gasteiger partial charge in [-0.05, 0) is 96.5 Å². The molecule has 4 rings (SSSR count). The molecule has 4 aromatic rings. The van der Waals surface area contributed by atoms with E-state index >= 15 is 0 Å². The fraction of sp³-hybridized carbons (Fsp3) is 0.294. The first kappa shape index (κ1) is 29.5. The molecule has 41 heavy (non-hydrogen) atoms. The predicted molar refractivity (Wildman–Crippen MR) is 160 cm³/mol. The molecule has 0 heterocycles. The second kappa shape index (κ2) is 14.2. The van der Waals surface area contributed by atoms with Crippen molar-refractivity contribution in [1.82, 2.24) is 0 Å². The van der Waals surface area contributed by atoms with E-state index in [1.165, 1.54) is 5.56 Å². The van der Waals surface area contributed by atoms with E-state index in [0.29, 0.717) is 40.2 Å². The molecule has 7 nitrogen and oxygen atoms in total. The van der Waals surface area contributed by atoms with Crippen LogP contribution in [0.15, 0.2) is 72.8 Å². The average Bonchev–Trinajstić information content (AvgIpc) is 3.02. The number of aryl methyl sites for hydroxylation is 4. The van der Waals surface area contributed by atoms with Gasteiger partial charge in [0.2, 0.25) is 5.75 Å². The van der Waals surface area contributed by atoms with Crippen LogP contribution in [0.2, 0.25) is 0 Å². The zero-order valence-corrected chi connectivity index (χ0v) is 24.6. The van der Waals surface area contributed by atoms with Crippen LogP contribution in [-0.2, 0) is 25.7 Å². The molecule has 0 spiro atoms. The lowest BCUT2D eigenvalue weighted by Gasteiger charge is -2.18. The van der Waals surface area contributed by atoms with E-state index in [0.717, 1.165) is 48.1 Å². The molecule has 216 valence electrons. The number of hydrogen-bond acceptors (Lipinski definition) is 7. The van der Waals surface area contributed by atoms with Crippen LogP contribution in [0, 0.1) is 0 Å². The summed E-state index contributed by atoms with van der Waals surface area (Å²) in [6.45, 7) is 0. The lowest BCUT2D eigenvalue weighted by Crippen LogP contribution is -2.00. The lowest BCUT2D eigenvalue weighted by atomic mass is 10.0. The Kier molecular flexibility index (Phi) is 10.2. The van der Waals surface area contributed by atoms with Gasteiger partial charge in [0.25, 0.3) is 0 Å². The molecule has 0 saturated heterocycles. The van der Waals surface area contributed by atoms with E-state index in [1.54, 1.807) is 42.7 Å². The van der Waals surface area contributed by atoms with E-state index in [1.807, 2.05) is 54.6 Å². The van der Waals surface area contributed by atoms with Crippen molar-refractivity contribution in [3.63, 3.8) is 0 Å². The fourth-order valence-electron chi connectivity index (χ4n) is 4.72. The third kappa shape index (κ3) is 7.37. The Bertz CT molecular complexity index is 1450. The summed E-state index contributed by atoms with van der Waals surface area (Å²) in [6.07, 6.45) is 3.24. The van der Waals surface area contributed by atoms with Gasteiger partial charge >= 0.3 is 0 Å². The number of rotatable bonds is 14. The van der Waals surface area contributed by atoms with E-state index in [9.17, 15) is 0 Å². The number of hydrogen-bond donors (Lipinski definition) is 0. The van der Waals surface area contributed by atoms with E-state index < -0.39 is 0 Å². The smallest absolute Gasteiger partial charge is 0.203 e. The molecule has 4 aromatic carbocycles. The largest absolute Gasteiger partial charge is 0.497 e. The molecule has 0 amide bonds. The number of ether oxygens (including phenoxy) is 7. The van der Waals surface area contributed by atoms with Crippen LogP contribution in [0.1, 0.15) is 22.3 Å². The summed E-state index contributed by atoms with van der Waals surface area (Å²) in [4.78, 5) is 0. The van der Waals surface area contributed by atoms with E-state index in [-0.39, 0.29) is 0 Å². The third-order valence-electron chi connectivity index (χ3n) is 6.94. The van der Waals surface area contributed by atoms with Crippen molar-refractivity contribution in [3.8, 4) is 46.0 Å². The summed E-state index contributed by atoms with van der Waals surface area (Å²) < 4.78 is 39.7. The Morgan fingerprint density at radius 2 is 0.902 bits per heavy atom. The molecule has 0 fully saturated rings. The molecule has 0 N–H and O–H groups in total. The van der Waals surface area contributed by atoms with Crippen molar-refractivity contribution in [2.24, 2.45) is 0 Å². The maximum Gasteiger partial charge on any atom is 0.203 e. The van der Waals surface area contributed by atoms with Crippen molar-refractivity contribution >= 4 is 0 Å². The second-order valence-corrected chi connectivity index (χ2v) is 9.46. The van der Waals surface area contributed by atoms with Gasteiger partial charge in [-0.15, -0.1) is 0 Å². The van der Waals surface area contributed by atoms with Crippen molar-refractivity contribution in [1.29, 1.82) is 0 Å². The second-order valence-electron chi connectivity index (χ2n) is 9.46. The maximum absolute atomic E-state index is 6.47. The Labute approximate surface area is 242 Å². The van der Waals surface area contributed by atoms with Crippen LogP contribution in [0.3, 0.4) is 0 Å². The van der Waals surface area contributed by atoms with Crippen molar-refractivity contribution in [3.05, 3.63) is 95.1 Å². The van der Waals surface area contributed by atoms with Crippen molar-refractivity contribution in [2.45, 2.75) is 25.7 Å². The van der Waals surface area contributed by atoms with Crippen LogP contribution in [0.5, 0.6) is 46.0 Å². The van der Waals surface area contributed by atoms with Gasteiger partial charge in [-0.25, -0.2) is 0 Å². The lowest BCUT2D eigenvalue weighted by molar-refractivity contribution is 0.329. The first-order valence-corrected chi connectivity index (χ1v) is 13.4. The number of benzene rings is 4. The minimum Gasteiger partial charge on any atom is -0.497 e. The highest BCUT2D eigenvalue weighted by molar-refractivity contribution is 5.57. The summed E-state index contributed by atoms with van der Waals surface area (Å²) in [7, 11) is 9.82. The summed E-state index contributed by atoms with van der Waals surface area (Å²) in [6, 6.07) is 24.1. The van der Waals surface area contributed by atoms with E-state index in [4.69, 9.17) is 33.2 Å². The summed E-state index contributed by atoms with van der Waals surface area (Å²) >= 11 is 0. The Hall–Kier alpha value is -4.52. The highest BCUT2D eigenvalue weighted by atomic mass is 16.5. The highest BCUT2D eigenvalue weighted by Crippen LogP contribution is 2.43. The standard InChI is InChI=1S/C34H38O7/c1-35-27-9-7-8-23(18-27)10-11-25-15-17-29(37-3)31(20-25)41-33-22-26(21-32(39-5)34(33)40-6)13-12-24-14-16-28(36-2)30(19-24)38-4/h7-9,14-22H,10-13H2,1-6H3. The van der Waals surface area contributed by atoms with Gasteiger partial charge in [0, 0.05) is 0 Å². The molecule has 0 radical (unpaired) electrons. The van der Waals surface area contributed by atoms with Crippen molar-refractivity contribution < 1.29 is 33.2 Å². The van der Waals surface area contributed by atoms with Crippen LogP contribution in [-0.4, -0.2) is 42.7 Å². The van der Waals surface area contributed by atoms with Crippen molar-refractivity contribution in [2.75, 3.05) is 42.7 Å². The molecule has 7 heteroatoms. The maximum atomic E-state index is 6.47. The Morgan fingerprint density at radius 3 is 1.49 bits per heavy atom. The van der Waals surface area contributed by atoms with Gasteiger partial charge in [-0.2, -0.15) is 0 Å².